The number of halogens is 3. The van der Waals surface area contributed by atoms with E-state index in [1.165, 1.54) is 4.57 Å². The molecule has 2 aromatic heterocycles. The predicted octanol–water partition coefficient (Wildman–Crippen LogP) is 0.931. The lowest BCUT2D eigenvalue weighted by Crippen LogP contribution is -2.38. The highest BCUT2D eigenvalue weighted by Crippen LogP contribution is 2.15. The maximum atomic E-state index is 11.5. The Morgan fingerprint density at radius 3 is 2.37 bits per heavy atom. The Kier molecular flexibility index (Phi) is 7.64. The number of hydrogen-bond donors (Lipinski definition) is 1. The first-order chi connectivity index (χ1) is 12.5. The average molecular weight is 388 g/mol. The van der Waals surface area contributed by atoms with Gasteiger partial charge in [-0.25, -0.2) is 4.79 Å². The predicted molar refractivity (Wildman–Crippen MR) is 85.4 cm³/mol. The molecular weight excluding hydrogens is 371 g/mol. The fourth-order valence-corrected chi connectivity index (χ4v) is 1.74. The molecular formula is C16H17F3N3O5+. The van der Waals surface area contributed by atoms with Crippen LogP contribution in [0.4, 0.5) is 13.2 Å². The summed E-state index contributed by atoms with van der Waals surface area (Å²) in [5.74, 6) is -3.03. The summed E-state index contributed by atoms with van der Waals surface area (Å²) in [5, 5.41) is 12.7. The Labute approximate surface area is 151 Å². The van der Waals surface area contributed by atoms with E-state index in [0.29, 0.717) is 13.7 Å². The van der Waals surface area contributed by atoms with E-state index in [2.05, 4.69) is 9.84 Å². The molecule has 8 nitrogen and oxygen atoms in total. The minimum Gasteiger partial charge on any atom is -0.481 e. The van der Waals surface area contributed by atoms with Crippen LogP contribution in [-0.2, 0) is 27.9 Å². The first-order valence-electron chi connectivity index (χ1n) is 7.44. The van der Waals surface area contributed by atoms with E-state index in [4.69, 9.17) is 5.11 Å². The number of carbonyl (C=O) groups is 2. The summed E-state index contributed by atoms with van der Waals surface area (Å²) in [5.41, 5.74) is 1.53. The molecule has 0 aliphatic carbocycles. The number of pyridine rings is 1. The molecule has 0 unspecified atom stereocenters. The lowest BCUT2D eigenvalue weighted by atomic mass is 10.1. The van der Waals surface area contributed by atoms with Crippen LogP contribution in [0.3, 0.4) is 0 Å². The van der Waals surface area contributed by atoms with Crippen molar-refractivity contribution in [2.45, 2.75) is 19.1 Å². The monoisotopic (exact) mass is 388 g/mol. The zero-order chi connectivity index (χ0) is 20.6. The van der Waals surface area contributed by atoms with E-state index in [1.807, 2.05) is 12.1 Å². The first-order valence-corrected chi connectivity index (χ1v) is 7.44. The Hall–Kier alpha value is -3.24. The molecule has 0 bridgehead atoms. The molecule has 0 amide bonds. The molecule has 0 saturated carbocycles. The van der Waals surface area contributed by atoms with E-state index in [0.717, 1.165) is 11.1 Å². The second kappa shape index (κ2) is 9.46. The molecule has 1 N–H and O–H groups in total. The van der Waals surface area contributed by atoms with Gasteiger partial charge in [-0.3, -0.25) is 9.59 Å². The number of aromatic nitrogens is 3. The number of alkyl halides is 3. The molecule has 2 rings (SSSR count). The lowest BCUT2D eigenvalue weighted by molar-refractivity contribution is -0.752. The SMILES string of the molecule is COC(=O)C(F)(F)F.Cn1ccc(-c2cc[n+](CCC(=O)O)nc2)cc1=O. The third-order valence-electron chi connectivity index (χ3n) is 3.18. The van der Waals surface area contributed by atoms with Crippen LogP contribution >= 0.6 is 0 Å². The number of nitrogens with zero attached hydrogens (tertiary/aromatic N) is 3. The molecule has 0 aliphatic rings. The van der Waals surface area contributed by atoms with E-state index in [1.54, 1.807) is 36.4 Å². The van der Waals surface area contributed by atoms with Crippen LogP contribution in [0.2, 0.25) is 0 Å². The van der Waals surface area contributed by atoms with Crippen molar-refractivity contribution >= 4 is 11.9 Å². The normalized spacial score (nSPS) is 10.6. The minimum atomic E-state index is -4.85. The lowest BCUT2D eigenvalue weighted by Gasteiger charge is -2.01. The second-order valence-electron chi connectivity index (χ2n) is 5.18. The highest BCUT2D eigenvalue weighted by atomic mass is 19.4. The number of rotatable bonds is 4. The summed E-state index contributed by atoms with van der Waals surface area (Å²) in [6, 6.07) is 5.18. The van der Waals surface area contributed by atoms with Gasteiger partial charge in [0.05, 0.1) is 7.11 Å². The largest absolute Gasteiger partial charge is 0.490 e. The van der Waals surface area contributed by atoms with Gasteiger partial charge in [0.15, 0.2) is 12.7 Å². The molecule has 146 valence electrons. The molecule has 0 aliphatic heterocycles. The summed E-state index contributed by atoms with van der Waals surface area (Å²) in [6.45, 7) is 0.326. The molecule has 0 spiro atoms. The quantitative estimate of drug-likeness (QED) is 0.618. The minimum absolute atomic E-state index is 0.0306. The Balaban J connectivity index is 0.000000387. The molecule has 0 aromatic carbocycles. The Morgan fingerprint density at radius 2 is 1.96 bits per heavy atom. The summed E-state index contributed by atoms with van der Waals surface area (Å²) in [7, 11) is 2.37. The summed E-state index contributed by atoms with van der Waals surface area (Å²) >= 11 is 0. The highest BCUT2D eigenvalue weighted by molar-refractivity contribution is 5.75. The maximum absolute atomic E-state index is 11.5. The van der Waals surface area contributed by atoms with Gasteiger partial charge in [0.2, 0.25) is 0 Å². The highest BCUT2D eigenvalue weighted by Gasteiger charge is 2.40. The van der Waals surface area contributed by atoms with Gasteiger partial charge in [-0.05, 0) is 16.7 Å². The van der Waals surface area contributed by atoms with Crippen LogP contribution < -0.4 is 10.2 Å². The molecule has 2 aromatic rings. The van der Waals surface area contributed by atoms with Gasteiger partial charge in [0.25, 0.3) is 5.56 Å². The van der Waals surface area contributed by atoms with E-state index in [-0.39, 0.29) is 12.0 Å². The average Bonchev–Trinajstić information content (AvgIpc) is 2.61. The smallest absolute Gasteiger partial charge is 0.481 e. The van der Waals surface area contributed by atoms with Crippen molar-refractivity contribution in [2.24, 2.45) is 7.05 Å². The second-order valence-corrected chi connectivity index (χ2v) is 5.18. The van der Waals surface area contributed by atoms with Crippen LogP contribution in [0.1, 0.15) is 6.42 Å². The van der Waals surface area contributed by atoms with Gasteiger partial charge in [-0.2, -0.15) is 13.2 Å². The molecule has 0 fully saturated rings. The number of carboxylic acid groups (broad SMARTS) is 1. The van der Waals surface area contributed by atoms with Crippen LogP contribution in [0, 0.1) is 0 Å². The Morgan fingerprint density at radius 1 is 1.30 bits per heavy atom. The number of aliphatic carboxylic acids is 1. The number of ether oxygens (including phenoxy) is 1. The van der Waals surface area contributed by atoms with Crippen molar-refractivity contribution < 1.29 is 37.3 Å². The van der Waals surface area contributed by atoms with Crippen LogP contribution in [-0.4, -0.2) is 40.0 Å². The fourth-order valence-electron chi connectivity index (χ4n) is 1.74. The van der Waals surface area contributed by atoms with Gasteiger partial charge < -0.3 is 14.4 Å². The van der Waals surface area contributed by atoms with Gasteiger partial charge in [0.1, 0.15) is 12.6 Å². The number of carbonyl (C=O) groups excluding carboxylic acids is 1. The summed E-state index contributed by atoms with van der Waals surface area (Å²) in [4.78, 5) is 31.5. The third kappa shape index (κ3) is 7.26. The molecule has 27 heavy (non-hydrogen) atoms. The van der Waals surface area contributed by atoms with Crippen molar-refractivity contribution in [3.63, 3.8) is 0 Å². The number of aryl methyl sites for hydroxylation is 2. The molecule has 0 radical (unpaired) electrons. The summed E-state index contributed by atoms with van der Waals surface area (Å²) in [6.07, 6.45) is 0.202. The topological polar surface area (TPSA) is 102 Å². The van der Waals surface area contributed by atoms with Crippen molar-refractivity contribution in [3.05, 3.63) is 47.1 Å². The van der Waals surface area contributed by atoms with E-state index in [9.17, 15) is 27.6 Å². The van der Waals surface area contributed by atoms with Crippen molar-refractivity contribution in [1.29, 1.82) is 0 Å². The van der Waals surface area contributed by atoms with Crippen LogP contribution in [0.5, 0.6) is 0 Å². The summed E-state index contributed by atoms with van der Waals surface area (Å²) < 4.78 is 39.3. The van der Waals surface area contributed by atoms with Crippen molar-refractivity contribution in [3.8, 4) is 11.1 Å². The van der Waals surface area contributed by atoms with E-state index >= 15 is 0 Å². The van der Waals surface area contributed by atoms with Gasteiger partial charge in [-0.15, -0.1) is 0 Å². The van der Waals surface area contributed by atoms with Gasteiger partial charge >= 0.3 is 18.1 Å². The molecule has 0 atom stereocenters. The molecule has 0 saturated heterocycles. The number of methoxy groups -OCH3 is 1. The van der Waals surface area contributed by atoms with Gasteiger partial charge in [0, 0.05) is 30.9 Å². The zero-order valence-electron chi connectivity index (χ0n) is 14.4. The molecule has 2 heterocycles. The fraction of sp³-hybridized carbons (Fsp3) is 0.312. The van der Waals surface area contributed by atoms with Crippen LogP contribution in [0.25, 0.3) is 11.1 Å². The molecule has 11 heteroatoms. The number of carboxylic acids is 1. The van der Waals surface area contributed by atoms with Gasteiger partial charge in [-0.1, -0.05) is 4.68 Å². The standard InChI is InChI=1S/C13H13N3O3.C3H3F3O2/c1-15-5-2-10(8-12(15)17)11-3-6-16(14-9-11)7-4-13(18)19;1-8-2(7)3(4,5)6/h2-3,5-6,8-9H,4,7H2,1H3;1H3/p+1. The van der Waals surface area contributed by atoms with Crippen LogP contribution in [0.15, 0.2) is 41.6 Å². The zero-order valence-corrected chi connectivity index (χ0v) is 14.4. The Bertz CT molecular complexity index is 848. The van der Waals surface area contributed by atoms with Crippen molar-refractivity contribution in [2.75, 3.05) is 7.11 Å². The third-order valence-corrected chi connectivity index (χ3v) is 3.18. The van der Waals surface area contributed by atoms with Crippen molar-refractivity contribution in [1.82, 2.24) is 9.67 Å². The maximum Gasteiger partial charge on any atom is 0.490 e. The van der Waals surface area contributed by atoms with E-state index < -0.39 is 18.1 Å². The first kappa shape index (κ1) is 21.8. The number of hydrogen-bond acceptors (Lipinski definition) is 5. The number of esters is 1.